The van der Waals surface area contributed by atoms with Crippen LogP contribution in [-0.4, -0.2) is 31.2 Å². The number of rotatable bonds is 5. The highest BCUT2D eigenvalue weighted by molar-refractivity contribution is 7.91. The van der Waals surface area contributed by atoms with Gasteiger partial charge in [-0.15, -0.1) is 0 Å². The molecule has 0 saturated heterocycles. The molecule has 0 unspecified atom stereocenters. The van der Waals surface area contributed by atoms with E-state index >= 15 is 0 Å². The minimum Gasteiger partial charge on any atom is -0.351 e. The molecule has 0 atom stereocenters. The number of amides is 1. The molecule has 0 saturated carbocycles. The van der Waals surface area contributed by atoms with Gasteiger partial charge in [0, 0.05) is 25.9 Å². The number of aryl methyl sites for hydroxylation is 1. The molecule has 0 aliphatic rings. The Labute approximate surface area is 132 Å². The lowest BCUT2D eigenvalue weighted by atomic mass is 10.2. The summed E-state index contributed by atoms with van der Waals surface area (Å²) in [6, 6.07) is 7.11. The van der Waals surface area contributed by atoms with Crippen molar-refractivity contribution in [2.24, 2.45) is 7.05 Å². The van der Waals surface area contributed by atoms with E-state index in [1.807, 2.05) is 0 Å². The highest BCUT2D eigenvalue weighted by Crippen LogP contribution is 2.11. The van der Waals surface area contributed by atoms with E-state index < -0.39 is 21.6 Å². The number of nitrogens with one attached hydrogen (secondary N) is 1. The second-order valence-corrected chi connectivity index (χ2v) is 7.00. The summed E-state index contributed by atoms with van der Waals surface area (Å²) in [4.78, 5) is 23.1. The first kappa shape index (κ1) is 16.9. The molecule has 1 N–H and O–H groups in total. The fraction of sp³-hybridized carbons (Fsp3) is 0.200. The van der Waals surface area contributed by atoms with Gasteiger partial charge in [0.2, 0.25) is 5.56 Å². The van der Waals surface area contributed by atoms with E-state index in [4.69, 9.17) is 0 Å². The molecule has 6 nitrogen and oxygen atoms in total. The van der Waals surface area contributed by atoms with Crippen molar-refractivity contribution in [3.05, 3.63) is 64.3 Å². The van der Waals surface area contributed by atoms with Crippen molar-refractivity contribution in [2.45, 2.75) is 4.90 Å². The maximum absolute atomic E-state index is 12.8. The molecule has 2 rings (SSSR count). The molecule has 0 spiro atoms. The minimum atomic E-state index is -3.61. The zero-order valence-corrected chi connectivity index (χ0v) is 13.1. The second kappa shape index (κ2) is 6.74. The van der Waals surface area contributed by atoms with E-state index in [0.717, 1.165) is 12.1 Å². The molecular formula is C15H15FN2O4S. The first-order valence-corrected chi connectivity index (χ1v) is 8.38. The Morgan fingerprint density at radius 1 is 1.17 bits per heavy atom. The summed E-state index contributed by atoms with van der Waals surface area (Å²) in [5.74, 6) is -1.31. The second-order valence-electron chi connectivity index (χ2n) is 4.90. The number of halogens is 1. The Kier molecular flexibility index (Phi) is 4.95. The van der Waals surface area contributed by atoms with Crippen molar-refractivity contribution in [2.75, 3.05) is 12.3 Å². The van der Waals surface area contributed by atoms with Crippen LogP contribution in [0.3, 0.4) is 0 Å². The largest absolute Gasteiger partial charge is 0.351 e. The van der Waals surface area contributed by atoms with Gasteiger partial charge in [-0.3, -0.25) is 9.59 Å². The predicted molar refractivity (Wildman–Crippen MR) is 82.5 cm³/mol. The third-order valence-corrected chi connectivity index (χ3v) is 4.91. The summed E-state index contributed by atoms with van der Waals surface area (Å²) >= 11 is 0. The SMILES string of the molecule is Cn1cc(C(=O)NCCS(=O)(=O)c2ccc(F)cc2)ccc1=O. The van der Waals surface area contributed by atoms with Crippen molar-refractivity contribution in [1.29, 1.82) is 0 Å². The van der Waals surface area contributed by atoms with E-state index in [1.54, 1.807) is 0 Å². The number of benzene rings is 1. The zero-order chi connectivity index (χ0) is 17.0. The summed E-state index contributed by atoms with van der Waals surface area (Å²) in [6.45, 7) is -0.0958. The van der Waals surface area contributed by atoms with Crippen LogP contribution in [0, 0.1) is 5.82 Å². The summed E-state index contributed by atoms with van der Waals surface area (Å²) < 4.78 is 38.1. The fourth-order valence-electron chi connectivity index (χ4n) is 1.89. The van der Waals surface area contributed by atoms with Gasteiger partial charge in [-0.05, 0) is 30.3 Å². The van der Waals surface area contributed by atoms with E-state index in [-0.39, 0.29) is 28.3 Å². The first-order chi connectivity index (χ1) is 10.8. The fourth-order valence-corrected chi connectivity index (χ4v) is 3.05. The van der Waals surface area contributed by atoms with Crippen LogP contribution >= 0.6 is 0 Å². The van der Waals surface area contributed by atoms with Gasteiger partial charge in [0.15, 0.2) is 9.84 Å². The van der Waals surface area contributed by atoms with Crippen molar-refractivity contribution in [1.82, 2.24) is 9.88 Å². The average Bonchev–Trinajstić information content (AvgIpc) is 2.50. The Bertz CT molecular complexity index is 873. The standard InChI is InChI=1S/C15H15FN2O4S/c1-18-10-11(2-7-14(18)19)15(20)17-8-9-23(21,22)13-5-3-12(16)4-6-13/h2-7,10H,8-9H2,1H3,(H,17,20). The van der Waals surface area contributed by atoms with E-state index in [0.29, 0.717) is 0 Å². The van der Waals surface area contributed by atoms with Crippen LogP contribution in [0.1, 0.15) is 10.4 Å². The molecule has 1 amide bonds. The third kappa shape index (κ3) is 4.26. The number of pyridine rings is 1. The molecule has 1 aromatic heterocycles. The van der Waals surface area contributed by atoms with Crippen LogP contribution < -0.4 is 10.9 Å². The van der Waals surface area contributed by atoms with Crippen LogP contribution in [0.25, 0.3) is 0 Å². The molecular weight excluding hydrogens is 323 g/mol. The van der Waals surface area contributed by atoms with E-state index in [2.05, 4.69) is 5.32 Å². The highest BCUT2D eigenvalue weighted by atomic mass is 32.2. The predicted octanol–water partition coefficient (Wildman–Crippen LogP) is 0.728. The van der Waals surface area contributed by atoms with Gasteiger partial charge in [0.1, 0.15) is 5.82 Å². The van der Waals surface area contributed by atoms with Gasteiger partial charge < -0.3 is 9.88 Å². The van der Waals surface area contributed by atoms with Gasteiger partial charge in [-0.25, -0.2) is 12.8 Å². The summed E-state index contributed by atoms with van der Waals surface area (Å²) in [5.41, 5.74) is 0.00622. The quantitative estimate of drug-likeness (QED) is 0.815. The van der Waals surface area contributed by atoms with Crippen LogP contribution in [0.15, 0.2) is 52.3 Å². The van der Waals surface area contributed by atoms with Crippen molar-refractivity contribution >= 4 is 15.7 Å². The molecule has 1 heterocycles. The monoisotopic (exact) mass is 338 g/mol. The van der Waals surface area contributed by atoms with Crippen molar-refractivity contribution in [3.63, 3.8) is 0 Å². The van der Waals surface area contributed by atoms with Crippen LogP contribution in [0.4, 0.5) is 4.39 Å². The first-order valence-electron chi connectivity index (χ1n) is 6.73. The molecule has 1 aromatic carbocycles. The molecule has 2 aromatic rings. The van der Waals surface area contributed by atoms with Crippen LogP contribution in [0.5, 0.6) is 0 Å². The average molecular weight is 338 g/mol. The van der Waals surface area contributed by atoms with Crippen LogP contribution in [-0.2, 0) is 16.9 Å². The molecule has 122 valence electrons. The molecule has 0 fully saturated rings. The molecule has 0 aliphatic carbocycles. The number of carbonyl (C=O) groups is 1. The van der Waals surface area contributed by atoms with Gasteiger partial charge in [-0.2, -0.15) is 0 Å². The molecule has 8 heteroatoms. The zero-order valence-electron chi connectivity index (χ0n) is 12.3. The van der Waals surface area contributed by atoms with Crippen molar-refractivity contribution in [3.8, 4) is 0 Å². The summed E-state index contributed by atoms with van der Waals surface area (Å²) in [5, 5.41) is 2.48. The Balaban J connectivity index is 1.98. The lowest BCUT2D eigenvalue weighted by Crippen LogP contribution is -2.30. The van der Waals surface area contributed by atoms with Gasteiger partial charge >= 0.3 is 0 Å². The van der Waals surface area contributed by atoms with E-state index in [9.17, 15) is 22.4 Å². The maximum atomic E-state index is 12.8. The normalized spacial score (nSPS) is 11.2. The number of sulfone groups is 1. The Morgan fingerprint density at radius 3 is 2.43 bits per heavy atom. The number of hydrogen-bond donors (Lipinski definition) is 1. The smallest absolute Gasteiger partial charge is 0.252 e. The topological polar surface area (TPSA) is 85.2 Å². The number of carbonyl (C=O) groups excluding carboxylic acids is 1. The van der Waals surface area contributed by atoms with Gasteiger partial charge in [0.05, 0.1) is 16.2 Å². The number of aromatic nitrogens is 1. The summed E-state index contributed by atoms with van der Waals surface area (Å²) in [7, 11) is -2.09. The number of hydrogen-bond acceptors (Lipinski definition) is 4. The Morgan fingerprint density at radius 2 is 1.83 bits per heavy atom. The van der Waals surface area contributed by atoms with Gasteiger partial charge in [0.25, 0.3) is 5.91 Å². The van der Waals surface area contributed by atoms with Gasteiger partial charge in [-0.1, -0.05) is 0 Å². The minimum absolute atomic E-state index is 0.00439. The van der Waals surface area contributed by atoms with Crippen LogP contribution in [0.2, 0.25) is 0 Å². The summed E-state index contributed by atoms with van der Waals surface area (Å²) in [6.07, 6.45) is 1.37. The molecule has 0 radical (unpaired) electrons. The van der Waals surface area contributed by atoms with Crippen molar-refractivity contribution < 1.29 is 17.6 Å². The lowest BCUT2D eigenvalue weighted by molar-refractivity contribution is 0.0955. The Hall–Kier alpha value is -2.48. The maximum Gasteiger partial charge on any atom is 0.252 e. The third-order valence-electron chi connectivity index (χ3n) is 3.18. The van der Waals surface area contributed by atoms with E-state index in [1.165, 1.54) is 42.1 Å². The molecule has 0 aliphatic heterocycles. The number of nitrogens with zero attached hydrogens (tertiary/aromatic N) is 1. The molecule has 0 bridgehead atoms. The molecule has 23 heavy (non-hydrogen) atoms. The lowest BCUT2D eigenvalue weighted by Gasteiger charge is -2.07. The highest BCUT2D eigenvalue weighted by Gasteiger charge is 2.15.